The Morgan fingerprint density at radius 3 is 2.52 bits per heavy atom. The summed E-state index contributed by atoms with van der Waals surface area (Å²) in [4.78, 5) is 4.41. The van der Waals surface area contributed by atoms with Gasteiger partial charge < -0.3 is 18.9 Å². The third-order valence-electron chi connectivity index (χ3n) is 4.11. The van der Waals surface area contributed by atoms with E-state index >= 15 is 0 Å². The molecule has 2 aromatic carbocycles. The molecule has 5 nitrogen and oxygen atoms in total. The zero-order valence-corrected chi connectivity index (χ0v) is 15.4. The highest BCUT2D eigenvalue weighted by Gasteiger charge is 2.25. The predicted octanol–water partition coefficient (Wildman–Crippen LogP) is 5.03. The predicted molar refractivity (Wildman–Crippen MR) is 99.7 cm³/mol. The molecule has 0 aliphatic carbocycles. The molecule has 0 radical (unpaired) electrons. The van der Waals surface area contributed by atoms with Crippen LogP contribution in [0.5, 0.6) is 28.7 Å². The van der Waals surface area contributed by atoms with Crippen molar-refractivity contribution in [3.05, 3.63) is 47.9 Å². The Kier molecular flexibility index (Phi) is 4.48. The highest BCUT2D eigenvalue weighted by atomic mass is 19.1. The van der Waals surface area contributed by atoms with Crippen LogP contribution in [0.1, 0.15) is 19.4 Å². The van der Waals surface area contributed by atoms with E-state index in [9.17, 15) is 4.39 Å². The lowest BCUT2D eigenvalue weighted by atomic mass is 10.1. The third-order valence-corrected chi connectivity index (χ3v) is 4.11. The molecule has 1 aliphatic heterocycles. The molecule has 0 saturated carbocycles. The lowest BCUT2D eigenvalue weighted by Crippen LogP contribution is -2.17. The summed E-state index contributed by atoms with van der Waals surface area (Å²) in [5.74, 6) is 1.75. The van der Waals surface area contributed by atoms with E-state index in [-0.39, 0.29) is 11.9 Å². The van der Waals surface area contributed by atoms with Crippen LogP contribution in [0.15, 0.2) is 36.5 Å². The SMILES string of the molecule is Cc1ccc(Oc2ccnc3cc(OC(C)C)c4c(c23)OCCO4)c(F)c1. The lowest BCUT2D eigenvalue weighted by Gasteiger charge is -2.24. The summed E-state index contributed by atoms with van der Waals surface area (Å²) in [6.45, 7) is 6.53. The van der Waals surface area contributed by atoms with Crippen LogP contribution in [-0.4, -0.2) is 24.3 Å². The van der Waals surface area contributed by atoms with E-state index in [0.29, 0.717) is 47.1 Å². The molecule has 2 heterocycles. The Labute approximate surface area is 156 Å². The highest BCUT2D eigenvalue weighted by Crippen LogP contribution is 2.48. The fourth-order valence-electron chi connectivity index (χ4n) is 3.01. The molecule has 4 rings (SSSR count). The quantitative estimate of drug-likeness (QED) is 0.645. The fourth-order valence-corrected chi connectivity index (χ4v) is 3.01. The average Bonchev–Trinajstić information content (AvgIpc) is 2.64. The van der Waals surface area contributed by atoms with Gasteiger partial charge in [0.25, 0.3) is 0 Å². The Morgan fingerprint density at radius 1 is 1.00 bits per heavy atom. The number of hydrogen-bond donors (Lipinski definition) is 0. The summed E-state index contributed by atoms with van der Waals surface area (Å²) in [6.07, 6.45) is 1.58. The third kappa shape index (κ3) is 3.35. The van der Waals surface area contributed by atoms with E-state index in [1.165, 1.54) is 6.07 Å². The zero-order chi connectivity index (χ0) is 19.0. The monoisotopic (exact) mass is 369 g/mol. The van der Waals surface area contributed by atoms with Crippen molar-refractivity contribution in [2.75, 3.05) is 13.2 Å². The molecule has 6 heteroatoms. The van der Waals surface area contributed by atoms with E-state index in [1.807, 2.05) is 20.8 Å². The fraction of sp³-hybridized carbons (Fsp3) is 0.286. The number of fused-ring (bicyclic) bond motifs is 3. The maximum Gasteiger partial charge on any atom is 0.204 e. The molecule has 3 aromatic rings. The molecule has 1 aliphatic rings. The summed E-state index contributed by atoms with van der Waals surface area (Å²) < 4.78 is 37.7. The van der Waals surface area contributed by atoms with Crippen LogP contribution < -0.4 is 18.9 Å². The van der Waals surface area contributed by atoms with Gasteiger partial charge in [-0.25, -0.2) is 4.39 Å². The van der Waals surface area contributed by atoms with Crippen LogP contribution >= 0.6 is 0 Å². The molecule has 0 atom stereocenters. The molecular formula is C21H20FNO4. The molecule has 0 amide bonds. The first-order valence-corrected chi connectivity index (χ1v) is 8.85. The van der Waals surface area contributed by atoms with Gasteiger partial charge in [0.15, 0.2) is 23.1 Å². The number of benzene rings is 2. The first-order chi connectivity index (χ1) is 13.0. The van der Waals surface area contributed by atoms with Crippen molar-refractivity contribution >= 4 is 10.9 Å². The minimum atomic E-state index is -0.425. The minimum Gasteiger partial charge on any atom is -0.487 e. The van der Waals surface area contributed by atoms with Gasteiger partial charge in [-0.1, -0.05) is 6.07 Å². The van der Waals surface area contributed by atoms with Gasteiger partial charge >= 0.3 is 0 Å². The van der Waals surface area contributed by atoms with Gasteiger partial charge in [-0.2, -0.15) is 0 Å². The van der Waals surface area contributed by atoms with Crippen molar-refractivity contribution < 1.29 is 23.3 Å². The second-order valence-electron chi connectivity index (χ2n) is 6.64. The number of aromatic nitrogens is 1. The lowest BCUT2D eigenvalue weighted by molar-refractivity contribution is 0.157. The van der Waals surface area contributed by atoms with Gasteiger partial charge in [-0.05, 0) is 44.5 Å². The molecule has 0 bridgehead atoms. The number of pyridine rings is 1. The summed E-state index contributed by atoms with van der Waals surface area (Å²) in [5.41, 5.74) is 1.45. The molecule has 140 valence electrons. The molecule has 0 saturated heterocycles. The summed E-state index contributed by atoms with van der Waals surface area (Å²) >= 11 is 0. The van der Waals surface area contributed by atoms with Crippen molar-refractivity contribution in [3.8, 4) is 28.7 Å². The average molecular weight is 369 g/mol. The Balaban J connectivity index is 1.87. The number of rotatable bonds is 4. The van der Waals surface area contributed by atoms with Crippen LogP contribution in [0, 0.1) is 12.7 Å². The van der Waals surface area contributed by atoms with Crippen LogP contribution in [-0.2, 0) is 0 Å². The number of nitrogens with zero attached hydrogens (tertiary/aromatic N) is 1. The largest absolute Gasteiger partial charge is 0.487 e. The van der Waals surface area contributed by atoms with Crippen molar-refractivity contribution in [3.63, 3.8) is 0 Å². The smallest absolute Gasteiger partial charge is 0.204 e. The van der Waals surface area contributed by atoms with Crippen LogP contribution in [0.25, 0.3) is 10.9 Å². The van der Waals surface area contributed by atoms with E-state index in [1.54, 1.807) is 30.5 Å². The standard InChI is InChI=1S/C21H20FNO4/c1-12(2)26-18-11-15-19(21-20(18)24-8-9-25-21)17(6-7-23-15)27-16-5-4-13(3)10-14(16)22/h4-7,10-12H,8-9H2,1-3H3. The van der Waals surface area contributed by atoms with Gasteiger partial charge in [0, 0.05) is 12.3 Å². The van der Waals surface area contributed by atoms with E-state index < -0.39 is 5.82 Å². The minimum absolute atomic E-state index is 0.0295. The first-order valence-electron chi connectivity index (χ1n) is 8.85. The Morgan fingerprint density at radius 2 is 1.78 bits per heavy atom. The van der Waals surface area contributed by atoms with Crippen molar-refractivity contribution in [1.29, 1.82) is 0 Å². The molecule has 0 N–H and O–H groups in total. The van der Waals surface area contributed by atoms with E-state index in [4.69, 9.17) is 18.9 Å². The van der Waals surface area contributed by atoms with Crippen LogP contribution in [0.4, 0.5) is 4.39 Å². The second-order valence-corrected chi connectivity index (χ2v) is 6.64. The van der Waals surface area contributed by atoms with Gasteiger partial charge in [-0.3, -0.25) is 4.98 Å². The van der Waals surface area contributed by atoms with Crippen LogP contribution in [0.3, 0.4) is 0 Å². The number of ether oxygens (including phenoxy) is 4. The molecule has 27 heavy (non-hydrogen) atoms. The van der Waals surface area contributed by atoms with Gasteiger partial charge in [0.2, 0.25) is 5.75 Å². The van der Waals surface area contributed by atoms with E-state index in [2.05, 4.69) is 4.98 Å². The summed E-state index contributed by atoms with van der Waals surface area (Å²) in [5, 5.41) is 0.628. The normalized spacial score (nSPS) is 13.1. The Hall–Kier alpha value is -3.02. The van der Waals surface area contributed by atoms with Gasteiger partial charge in [-0.15, -0.1) is 0 Å². The van der Waals surface area contributed by atoms with Crippen molar-refractivity contribution in [2.24, 2.45) is 0 Å². The molecule has 0 spiro atoms. The maximum atomic E-state index is 14.3. The number of halogens is 1. The molecule has 1 aromatic heterocycles. The summed E-state index contributed by atoms with van der Waals surface area (Å²) in [6, 6.07) is 8.31. The topological polar surface area (TPSA) is 49.8 Å². The molecule has 0 fully saturated rings. The maximum absolute atomic E-state index is 14.3. The summed E-state index contributed by atoms with van der Waals surface area (Å²) in [7, 11) is 0. The van der Waals surface area contributed by atoms with E-state index in [0.717, 1.165) is 5.56 Å². The van der Waals surface area contributed by atoms with Crippen molar-refractivity contribution in [2.45, 2.75) is 26.9 Å². The highest BCUT2D eigenvalue weighted by molar-refractivity contribution is 5.95. The first kappa shape index (κ1) is 17.4. The zero-order valence-electron chi connectivity index (χ0n) is 15.4. The molecular weight excluding hydrogens is 349 g/mol. The molecule has 0 unspecified atom stereocenters. The Bertz CT molecular complexity index is 1000. The second kappa shape index (κ2) is 6.95. The van der Waals surface area contributed by atoms with Crippen LogP contribution in [0.2, 0.25) is 0 Å². The van der Waals surface area contributed by atoms with Crippen molar-refractivity contribution in [1.82, 2.24) is 4.98 Å². The number of hydrogen-bond acceptors (Lipinski definition) is 5. The number of aryl methyl sites for hydroxylation is 1. The van der Waals surface area contributed by atoms with Gasteiger partial charge in [0.1, 0.15) is 19.0 Å². The van der Waals surface area contributed by atoms with Gasteiger partial charge in [0.05, 0.1) is 17.0 Å².